The maximum absolute atomic E-state index is 13.2. The van der Waals surface area contributed by atoms with Crippen LogP contribution in [0.4, 0.5) is 5.69 Å². The summed E-state index contributed by atoms with van der Waals surface area (Å²) in [4.78, 5) is 25.5. The molecule has 0 unspecified atom stereocenters. The Bertz CT molecular complexity index is 900. The number of benzene rings is 1. The molecule has 0 radical (unpaired) electrons. The van der Waals surface area contributed by atoms with Gasteiger partial charge in [0.1, 0.15) is 0 Å². The van der Waals surface area contributed by atoms with Gasteiger partial charge in [0.15, 0.2) is 0 Å². The van der Waals surface area contributed by atoms with E-state index >= 15 is 0 Å². The van der Waals surface area contributed by atoms with Gasteiger partial charge in [-0.25, -0.2) is 0 Å². The normalized spacial score (nSPS) is 19.4. The molecule has 29 heavy (non-hydrogen) atoms. The highest BCUT2D eigenvalue weighted by Crippen LogP contribution is 2.30. The molecule has 1 amide bonds. The van der Waals surface area contributed by atoms with Gasteiger partial charge in [-0.3, -0.25) is 14.9 Å². The average molecular weight is 396 g/mol. The molecular weight excluding hydrogens is 372 g/mol. The van der Waals surface area contributed by atoms with Crippen molar-refractivity contribution in [3.8, 4) is 11.5 Å². The largest absolute Gasteiger partial charge is 0.419 e. The van der Waals surface area contributed by atoms with E-state index in [-0.39, 0.29) is 23.6 Å². The first kappa shape index (κ1) is 19.3. The summed E-state index contributed by atoms with van der Waals surface area (Å²) in [5, 5.41) is 19.0. The van der Waals surface area contributed by atoms with E-state index in [0.717, 1.165) is 44.9 Å². The fourth-order valence-electron chi connectivity index (χ4n) is 4.16. The van der Waals surface area contributed by atoms with Crippen LogP contribution in [0.1, 0.15) is 50.8 Å². The lowest BCUT2D eigenvalue weighted by atomic mass is 9.92. The maximum atomic E-state index is 13.2. The quantitative estimate of drug-likeness (QED) is 0.410. The highest BCUT2D eigenvalue weighted by atomic mass is 16.6. The molecule has 2 aromatic rings. The first-order valence-corrected chi connectivity index (χ1v) is 10.1. The second-order valence-electron chi connectivity index (χ2n) is 7.69. The number of allylic oxidation sites excluding steroid dienone is 2. The number of nitrogens with zero attached hydrogens (tertiary/aromatic N) is 4. The number of amides is 1. The number of aromatic nitrogens is 2. The van der Waals surface area contributed by atoms with Gasteiger partial charge in [-0.2, -0.15) is 0 Å². The number of non-ortho nitro benzene ring substituents is 1. The number of hydrogen-bond acceptors (Lipinski definition) is 6. The molecule has 8 heteroatoms. The minimum Gasteiger partial charge on any atom is -0.419 e. The number of nitro benzene ring substituents is 1. The number of hydrogen-bond donors (Lipinski definition) is 0. The van der Waals surface area contributed by atoms with Gasteiger partial charge in [-0.05, 0) is 44.2 Å². The molecule has 1 atom stereocenters. The van der Waals surface area contributed by atoms with Crippen molar-refractivity contribution in [2.75, 3.05) is 0 Å². The van der Waals surface area contributed by atoms with Gasteiger partial charge in [0, 0.05) is 29.7 Å². The predicted molar refractivity (Wildman–Crippen MR) is 106 cm³/mol. The van der Waals surface area contributed by atoms with Crippen molar-refractivity contribution in [1.29, 1.82) is 0 Å². The third-order valence-corrected chi connectivity index (χ3v) is 5.76. The Labute approximate surface area is 168 Å². The third-order valence-electron chi connectivity index (χ3n) is 5.76. The first-order chi connectivity index (χ1) is 14.1. The summed E-state index contributed by atoms with van der Waals surface area (Å²) in [5.41, 5.74) is 0.624. The lowest BCUT2D eigenvalue weighted by Gasteiger charge is -2.31. The second-order valence-corrected chi connectivity index (χ2v) is 7.69. The Morgan fingerprint density at radius 2 is 1.90 bits per heavy atom. The Kier molecular flexibility index (Phi) is 5.69. The smallest absolute Gasteiger partial charge is 0.269 e. The highest BCUT2D eigenvalue weighted by molar-refractivity contribution is 5.79. The van der Waals surface area contributed by atoms with Crippen LogP contribution in [0.2, 0.25) is 0 Å². The van der Waals surface area contributed by atoms with Crippen molar-refractivity contribution in [3.63, 3.8) is 0 Å². The fourth-order valence-corrected chi connectivity index (χ4v) is 4.16. The van der Waals surface area contributed by atoms with Crippen molar-refractivity contribution in [3.05, 3.63) is 52.4 Å². The Morgan fingerprint density at radius 1 is 1.14 bits per heavy atom. The topological polar surface area (TPSA) is 102 Å². The molecule has 8 nitrogen and oxygen atoms in total. The summed E-state index contributed by atoms with van der Waals surface area (Å²) >= 11 is 0. The van der Waals surface area contributed by atoms with Crippen LogP contribution in [-0.4, -0.2) is 32.0 Å². The molecule has 152 valence electrons. The number of rotatable bonds is 6. The van der Waals surface area contributed by atoms with Crippen molar-refractivity contribution in [2.45, 2.75) is 57.5 Å². The molecular formula is C21H24N4O4. The molecule has 0 spiro atoms. The summed E-state index contributed by atoms with van der Waals surface area (Å²) < 4.78 is 5.80. The number of carbonyl (C=O) groups excluding carboxylic acids is 1. The van der Waals surface area contributed by atoms with E-state index in [1.165, 1.54) is 12.1 Å². The van der Waals surface area contributed by atoms with Crippen LogP contribution >= 0.6 is 0 Å². The summed E-state index contributed by atoms with van der Waals surface area (Å²) in [7, 11) is 0. The molecule has 1 heterocycles. The Balaban J connectivity index is 1.51. The lowest BCUT2D eigenvalue weighted by molar-refractivity contribution is -0.384. The van der Waals surface area contributed by atoms with Crippen molar-refractivity contribution in [1.82, 2.24) is 15.1 Å². The van der Waals surface area contributed by atoms with Crippen molar-refractivity contribution < 1.29 is 14.1 Å². The molecule has 1 aromatic carbocycles. The predicted octanol–water partition coefficient (Wildman–Crippen LogP) is 4.27. The fraction of sp³-hybridized carbons (Fsp3) is 0.476. The SMILES string of the molecule is O=C([C@@H]1CC=CCC1)N(Cc1nnc(-c2ccc([N+](=O)[O-])cc2)o1)C1CCCC1. The van der Waals surface area contributed by atoms with Gasteiger partial charge in [0.05, 0.1) is 11.5 Å². The summed E-state index contributed by atoms with van der Waals surface area (Å²) in [6, 6.07) is 6.21. The molecule has 0 bridgehead atoms. The lowest BCUT2D eigenvalue weighted by Crippen LogP contribution is -2.42. The number of nitro groups is 1. The molecule has 2 aliphatic rings. The molecule has 1 aromatic heterocycles. The van der Waals surface area contributed by atoms with Crippen LogP contribution in [0.3, 0.4) is 0 Å². The Morgan fingerprint density at radius 3 is 2.55 bits per heavy atom. The van der Waals surface area contributed by atoms with E-state index in [0.29, 0.717) is 23.9 Å². The van der Waals surface area contributed by atoms with Crippen LogP contribution in [0, 0.1) is 16.0 Å². The zero-order chi connectivity index (χ0) is 20.2. The minimum absolute atomic E-state index is 0.00743. The van der Waals surface area contributed by atoms with Gasteiger partial charge < -0.3 is 9.32 Å². The monoisotopic (exact) mass is 396 g/mol. The van der Waals surface area contributed by atoms with E-state index < -0.39 is 4.92 Å². The summed E-state index contributed by atoms with van der Waals surface area (Å²) in [5.74, 6) is 0.897. The van der Waals surface area contributed by atoms with Crippen LogP contribution in [0.15, 0.2) is 40.8 Å². The zero-order valence-corrected chi connectivity index (χ0v) is 16.2. The Hall–Kier alpha value is -3.03. The molecule has 4 rings (SSSR count). The summed E-state index contributed by atoms with van der Waals surface area (Å²) in [6.45, 7) is 0.309. The average Bonchev–Trinajstić information content (AvgIpc) is 3.44. The minimum atomic E-state index is -0.450. The summed E-state index contributed by atoms with van der Waals surface area (Å²) in [6.07, 6.45) is 11.1. The van der Waals surface area contributed by atoms with E-state index in [1.54, 1.807) is 12.1 Å². The molecule has 2 aliphatic carbocycles. The standard InChI is InChI=1S/C21H24N4O4/c26-21(16-6-2-1-3-7-16)24(17-8-4-5-9-17)14-19-22-23-20(29-19)15-10-12-18(13-11-15)25(27)28/h1-2,10-13,16-17H,3-9,14H2/t16-/m1/s1. The molecule has 0 N–H and O–H groups in total. The van der Waals surface area contributed by atoms with E-state index in [9.17, 15) is 14.9 Å². The first-order valence-electron chi connectivity index (χ1n) is 10.1. The molecule has 0 saturated heterocycles. The van der Waals surface area contributed by atoms with Crippen molar-refractivity contribution >= 4 is 11.6 Å². The van der Waals surface area contributed by atoms with Crippen LogP contribution < -0.4 is 0 Å². The van der Waals surface area contributed by atoms with Crippen LogP contribution in [-0.2, 0) is 11.3 Å². The van der Waals surface area contributed by atoms with Gasteiger partial charge in [0.2, 0.25) is 17.7 Å². The maximum Gasteiger partial charge on any atom is 0.269 e. The molecule has 1 saturated carbocycles. The third kappa shape index (κ3) is 4.36. The molecule has 0 aliphatic heterocycles. The van der Waals surface area contributed by atoms with E-state index in [4.69, 9.17) is 4.42 Å². The van der Waals surface area contributed by atoms with Crippen molar-refractivity contribution in [2.24, 2.45) is 5.92 Å². The van der Waals surface area contributed by atoms with Crippen LogP contribution in [0.5, 0.6) is 0 Å². The van der Waals surface area contributed by atoms with Gasteiger partial charge in [-0.15, -0.1) is 10.2 Å². The zero-order valence-electron chi connectivity index (χ0n) is 16.2. The van der Waals surface area contributed by atoms with E-state index in [2.05, 4.69) is 22.3 Å². The van der Waals surface area contributed by atoms with Gasteiger partial charge in [-0.1, -0.05) is 25.0 Å². The second kappa shape index (κ2) is 8.55. The highest BCUT2D eigenvalue weighted by Gasteiger charge is 2.32. The molecule has 1 fully saturated rings. The van der Waals surface area contributed by atoms with Gasteiger partial charge in [0.25, 0.3) is 5.69 Å². The van der Waals surface area contributed by atoms with Gasteiger partial charge >= 0.3 is 0 Å². The number of carbonyl (C=O) groups is 1. The van der Waals surface area contributed by atoms with E-state index in [1.807, 2.05) is 4.90 Å². The van der Waals surface area contributed by atoms with Crippen LogP contribution in [0.25, 0.3) is 11.5 Å².